The normalized spacial score (nSPS) is 11.6. The first-order chi connectivity index (χ1) is 11.8. The minimum absolute atomic E-state index is 0.0446. The zero-order chi connectivity index (χ0) is 18.2. The summed E-state index contributed by atoms with van der Waals surface area (Å²) in [6.45, 7) is 5.54. The third-order valence-electron chi connectivity index (χ3n) is 3.90. The van der Waals surface area contributed by atoms with Gasteiger partial charge < -0.3 is 0 Å². The Morgan fingerprint density at radius 2 is 1.92 bits per heavy atom. The molecule has 25 heavy (non-hydrogen) atoms. The molecular formula is C18H18N2O3S2. The number of aryl methyl sites for hydroxylation is 2. The lowest BCUT2D eigenvalue weighted by atomic mass is 10.1. The van der Waals surface area contributed by atoms with Gasteiger partial charge in [-0.1, -0.05) is 36.5 Å². The number of sulfone groups is 1. The molecule has 130 valence electrons. The number of rotatable bonds is 4. The van der Waals surface area contributed by atoms with Crippen molar-refractivity contribution in [1.29, 1.82) is 0 Å². The Bertz CT molecular complexity index is 1070. The fourth-order valence-corrected chi connectivity index (χ4v) is 4.80. The molecular weight excluding hydrogens is 356 g/mol. The zero-order valence-electron chi connectivity index (χ0n) is 14.2. The van der Waals surface area contributed by atoms with Gasteiger partial charge in [0.2, 0.25) is 0 Å². The molecule has 7 heteroatoms. The maximum atomic E-state index is 12.6. The van der Waals surface area contributed by atoms with Crippen molar-refractivity contribution in [3.8, 4) is 0 Å². The molecule has 0 aliphatic heterocycles. The van der Waals surface area contributed by atoms with E-state index in [1.807, 2.05) is 26.0 Å². The number of amides is 1. The van der Waals surface area contributed by atoms with Gasteiger partial charge in [0.25, 0.3) is 5.91 Å². The molecule has 0 saturated heterocycles. The van der Waals surface area contributed by atoms with Gasteiger partial charge in [0.15, 0.2) is 15.0 Å². The Labute approximate surface area is 150 Å². The summed E-state index contributed by atoms with van der Waals surface area (Å²) < 4.78 is 25.4. The fourth-order valence-electron chi connectivity index (χ4n) is 2.67. The molecule has 3 aromatic rings. The average Bonchev–Trinajstić information content (AvgIpc) is 2.97. The lowest BCUT2D eigenvalue weighted by molar-refractivity contribution is 0.102. The predicted molar refractivity (Wildman–Crippen MR) is 101 cm³/mol. The van der Waals surface area contributed by atoms with E-state index in [0.717, 1.165) is 21.3 Å². The maximum absolute atomic E-state index is 12.6. The number of anilines is 1. The molecule has 1 aromatic heterocycles. The van der Waals surface area contributed by atoms with Gasteiger partial charge in [-0.15, -0.1) is 0 Å². The van der Waals surface area contributed by atoms with Gasteiger partial charge in [-0.2, -0.15) is 0 Å². The molecule has 0 bridgehead atoms. The summed E-state index contributed by atoms with van der Waals surface area (Å²) in [5, 5.41) is 3.19. The van der Waals surface area contributed by atoms with Crippen LogP contribution in [0, 0.1) is 13.8 Å². The van der Waals surface area contributed by atoms with Crippen molar-refractivity contribution in [3.63, 3.8) is 0 Å². The van der Waals surface area contributed by atoms with Gasteiger partial charge in [0.1, 0.15) is 0 Å². The lowest BCUT2D eigenvalue weighted by Crippen LogP contribution is -2.17. The Morgan fingerprint density at radius 1 is 1.20 bits per heavy atom. The largest absolute Gasteiger partial charge is 0.298 e. The number of thiazole rings is 1. The number of hydrogen-bond donors (Lipinski definition) is 1. The summed E-state index contributed by atoms with van der Waals surface area (Å²) in [7, 11) is -3.48. The average molecular weight is 374 g/mol. The van der Waals surface area contributed by atoms with Crippen LogP contribution in [0.4, 0.5) is 5.13 Å². The highest BCUT2D eigenvalue weighted by molar-refractivity contribution is 7.91. The van der Waals surface area contributed by atoms with Crippen LogP contribution >= 0.6 is 11.3 Å². The van der Waals surface area contributed by atoms with Crippen LogP contribution < -0.4 is 5.32 Å². The highest BCUT2D eigenvalue weighted by Gasteiger charge is 2.21. The van der Waals surface area contributed by atoms with Crippen molar-refractivity contribution in [2.24, 2.45) is 0 Å². The molecule has 0 radical (unpaired) electrons. The maximum Gasteiger partial charge on any atom is 0.258 e. The van der Waals surface area contributed by atoms with Gasteiger partial charge >= 0.3 is 0 Å². The predicted octanol–water partition coefficient (Wildman–Crippen LogP) is 3.96. The van der Waals surface area contributed by atoms with E-state index in [2.05, 4.69) is 10.3 Å². The van der Waals surface area contributed by atoms with Crippen LogP contribution in [0.3, 0.4) is 0 Å². The van der Waals surface area contributed by atoms with E-state index in [-0.39, 0.29) is 16.2 Å². The van der Waals surface area contributed by atoms with E-state index in [4.69, 9.17) is 0 Å². The fraction of sp³-hybridized carbons (Fsp3) is 0.222. The Balaban J connectivity index is 1.98. The van der Waals surface area contributed by atoms with Crippen LogP contribution in [0.15, 0.2) is 41.3 Å². The smallest absolute Gasteiger partial charge is 0.258 e. The quantitative estimate of drug-likeness (QED) is 0.750. The van der Waals surface area contributed by atoms with E-state index in [1.54, 1.807) is 19.1 Å². The second kappa shape index (κ2) is 6.57. The van der Waals surface area contributed by atoms with Gasteiger partial charge in [-0.3, -0.25) is 10.1 Å². The molecule has 0 aliphatic carbocycles. The Kier molecular flexibility index (Phi) is 4.62. The van der Waals surface area contributed by atoms with Crippen molar-refractivity contribution < 1.29 is 13.2 Å². The Hall–Kier alpha value is -2.25. The van der Waals surface area contributed by atoms with Crippen molar-refractivity contribution >= 4 is 42.4 Å². The molecule has 0 spiro atoms. The number of aromatic nitrogens is 1. The molecule has 1 N–H and O–H groups in total. The number of fused-ring (bicyclic) bond motifs is 1. The monoisotopic (exact) mass is 374 g/mol. The highest BCUT2D eigenvalue weighted by atomic mass is 32.2. The molecule has 0 unspecified atom stereocenters. The highest BCUT2D eigenvalue weighted by Crippen LogP contribution is 2.30. The Morgan fingerprint density at radius 3 is 2.64 bits per heavy atom. The lowest BCUT2D eigenvalue weighted by Gasteiger charge is -2.08. The van der Waals surface area contributed by atoms with Crippen molar-refractivity contribution in [2.45, 2.75) is 25.7 Å². The molecule has 0 aliphatic rings. The van der Waals surface area contributed by atoms with E-state index in [1.165, 1.54) is 23.5 Å². The first-order valence-corrected chi connectivity index (χ1v) is 10.3. The van der Waals surface area contributed by atoms with Crippen LogP contribution in [0.2, 0.25) is 0 Å². The second-order valence-corrected chi connectivity index (χ2v) is 9.08. The summed E-state index contributed by atoms with van der Waals surface area (Å²) in [5.41, 5.74) is 3.16. The molecule has 0 saturated carbocycles. The molecule has 0 atom stereocenters. The minimum Gasteiger partial charge on any atom is -0.298 e. The van der Waals surface area contributed by atoms with Crippen LogP contribution in [0.25, 0.3) is 10.2 Å². The summed E-state index contributed by atoms with van der Waals surface area (Å²) in [6.07, 6.45) is 0. The van der Waals surface area contributed by atoms with E-state index in [9.17, 15) is 13.2 Å². The van der Waals surface area contributed by atoms with E-state index >= 15 is 0 Å². The van der Waals surface area contributed by atoms with Gasteiger partial charge in [-0.25, -0.2) is 13.4 Å². The van der Waals surface area contributed by atoms with E-state index in [0.29, 0.717) is 5.13 Å². The molecule has 2 aromatic carbocycles. The number of nitrogens with one attached hydrogen (secondary N) is 1. The van der Waals surface area contributed by atoms with Crippen LogP contribution in [0.5, 0.6) is 0 Å². The number of carbonyl (C=O) groups is 1. The van der Waals surface area contributed by atoms with Gasteiger partial charge in [-0.05, 0) is 43.2 Å². The third kappa shape index (κ3) is 3.43. The topological polar surface area (TPSA) is 76.1 Å². The second-order valence-electron chi connectivity index (χ2n) is 5.80. The standard InChI is InChI=1S/C18H18N2O3S2/c1-4-25(22,23)15-8-6-5-7-13(15)17(21)20-18-19-16-12(3)9-11(2)10-14(16)24-18/h5-10H,4H2,1-3H3,(H,19,20,21). The first-order valence-electron chi connectivity index (χ1n) is 7.82. The van der Waals surface area contributed by atoms with Gasteiger partial charge in [0, 0.05) is 0 Å². The third-order valence-corrected chi connectivity index (χ3v) is 6.60. The summed E-state index contributed by atoms with van der Waals surface area (Å²) in [4.78, 5) is 17.1. The molecule has 3 rings (SSSR count). The molecule has 1 amide bonds. The van der Waals surface area contributed by atoms with Crippen molar-refractivity contribution in [2.75, 3.05) is 11.1 Å². The zero-order valence-corrected chi connectivity index (χ0v) is 15.8. The van der Waals surface area contributed by atoms with Crippen LogP contribution in [-0.4, -0.2) is 25.1 Å². The van der Waals surface area contributed by atoms with Gasteiger partial charge in [0.05, 0.1) is 26.4 Å². The molecule has 0 fully saturated rings. The van der Waals surface area contributed by atoms with Crippen molar-refractivity contribution in [1.82, 2.24) is 4.98 Å². The summed E-state index contributed by atoms with van der Waals surface area (Å²) in [6, 6.07) is 10.3. The molecule has 1 heterocycles. The first kappa shape index (κ1) is 17.6. The number of carbonyl (C=O) groups excluding carboxylic acids is 1. The van der Waals surface area contributed by atoms with Crippen LogP contribution in [-0.2, 0) is 9.84 Å². The van der Waals surface area contributed by atoms with Crippen molar-refractivity contribution in [3.05, 3.63) is 53.1 Å². The summed E-state index contributed by atoms with van der Waals surface area (Å²) >= 11 is 1.38. The van der Waals surface area contributed by atoms with Crippen LogP contribution in [0.1, 0.15) is 28.4 Å². The minimum atomic E-state index is -3.48. The van der Waals surface area contributed by atoms with E-state index < -0.39 is 15.7 Å². The number of benzene rings is 2. The number of hydrogen-bond acceptors (Lipinski definition) is 5. The molecule has 5 nitrogen and oxygen atoms in total. The summed E-state index contributed by atoms with van der Waals surface area (Å²) in [5.74, 6) is -0.530. The number of nitrogens with zero attached hydrogens (tertiary/aromatic N) is 1. The SMILES string of the molecule is CCS(=O)(=O)c1ccccc1C(=O)Nc1nc2c(C)cc(C)cc2s1.